The van der Waals surface area contributed by atoms with E-state index in [0.717, 1.165) is 28.3 Å². The number of pyridine rings is 1. The fourth-order valence-corrected chi connectivity index (χ4v) is 3.32. The van der Waals surface area contributed by atoms with Gasteiger partial charge in [0, 0.05) is 24.1 Å². The van der Waals surface area contributed by atoms with Crippen LogP contribution in [0.15, 0.2) is 54.7 Å². The maximum Gasteiger partial charge on any atom is 0.221 e. The van der Waals surface area contributed by atoms with Gasteiger partial charge in [-0.05, 0) is 18.2 Å². The van der Waals surface area contributed by atoms with Crippen LogP contribution in [0.25, 0.3) is 11.7 Å². The van der Waals surface area contributed by atoms with E-state index in [1.54, 1.807) is 7.11 Å². The van der Waals surface area contributed by atoms with Gasteiger partial charge in [0.1, 0.15) is 11.4 Å². The smallest absolute Gasteiger partial charge is 0.221 e. The van der Waals surface area contributed by atoms with Crippen molar-refractivity contribution in [3.63, 3.8) is 0 Å². The second kappa shape index (κ2) is 6.43. The van der Waals surface area contributed by atoms with Gasteiger partial charge >= 0.3 is 0 Å². The van der Waals surface area contributed by atoms with Gasteiger partial charge in [0.05, 0.1) is 25.0 Å². The first-order chi connectivity index (χ1) is 12.3. The van der Waals surface area contributed by atoms with E-state index < -0.39 is 0 Å². The summed E-state index contributed by atoms with van der Waals surface area (Å²) in [7, 11) is 1.66. The number of carbonyl (C=O) groups is 1. The molecule has 5 heteroatoms. The second-order valence-corrected chi connectivity index (χ2v) is 6.06. The van der Waals surface area contributed by atoms with Crippen LogP contribution in [0.4, 0.5) is 0 Å². The first kappa shape index (κ1) is 15.4. The molecule has 1 aliphatic rings. The predicted octanol–water partition coefficient (Wildman–Crippen LogP) is 3.16. The number of para-hydroxylation sites is 1. The number of ether oxygens (including phenoxy) is 1. The van der Waals surface area contributed by atoms with Crippen molar-refractivity contribution in [1.29, 1.82) is 0 Å². The number of hydrogen-bond donors (Lipinski definition) is 1. The van der Waals surface area contributed by atoms with Gasteiger partial charge in [-0.25, -0.2) is 4.98 Å². The Labute approximate surface area is 146 Å². The van der Waals surface area contributed by atoms with Crippen LogP contribution in [0.2, 0.25) is 0 Å². The van der Waals surface area contributed by atoms with Gasteiger partial charge in [0.15, 0.2) is 0 Å². The molecule has 0 saturated carbocycles. The van der Waals surface area contributed by atoms with Crippen molar-refractivity contribution in [3.05, 3.63) is 71.7 Å². The van der Waals surface area contributed by atoms with Gasteiger partial charge in [-0.15, -0.1) is 0 Å². The van der Waals surface area contributed by atoms with Crippen LogP contribution in [-0.4, -0.2) is 22.4 Å². The zero-order valence-electron chi connectivity index (χ0n) is 14.0. The van der Waals surface area contributed by atoms with Crippen molar-refractivity contribution < 1.29 is 9.53 Å². The third-order valence-corrected chi connectivity index (χ3v) is 4.50. The molecule has 25 heavy (non-hydrogen) atoms. The summed E-state index contributed by atoms with van der Waals surface area (Å²) >= 11 is 0. The third-order valence-electron chi connectivity index (χ3n) is 4.50. The highest BCUT2D eigenvalue weighted by atomic mass is 16.5. The second-order valence-electron chi connectivity index (χ2n) is 6.06. The zero-order valence-corrected chi connectivity index (χ0v) is 14.0. The monoisotopic (exact) mass is 333 g/mol. The molecule has 0 bridgehead atoms. The van der Waals surface area contributed by atoms with Crippen molar-refractivity contribution >= 4 is 17.6 Å². The van der Waals surface area contributed by atoms with Crippen molar-refractivity contribution in [2.45, 2.75) is 18.9 Å². The molecule has 2 aromatic heterocycles. The molecule has 0 fully saturated rings. The van der Waals surface area contributed by atoms with E-state index in [9.17, 15) is 4.79 Å². The number of hydrogen-bond acceptors (Lipinski definition) is 3. The molecule has 0 unspecified atom stereocenters. The van der Waals surface area contributed by atoms with E-state index in [-0.39, 0.29) is 11.8 Å². The molecule has 126 valence electrons. The predicted molar refractivity (Wildman–Crippen MR) is 96.4 cm³/mol. The van der Waals surface area contributed by atoms with Gasteiger partial charge in [-0.1, -0.05) is 36.4 Å². The highest BCUT2D eigenvalue weighted by molar-refractivity contribution is 5.78. The van der Waals surface area contributed by atoms with Crippen LogP contribution in [0, 0.1) is 0 Å². The van der Waals surface area contributed by atoms with Crippen LogP contribution >= 0.6 is 0 Å². The number of aromatic nitrogens is 2. The Morgan fingerprint density at radius 2 is 2.08 bits per heavy atom. The van der Waals surface area contributed by atoms with Crippen molar-refractivity contribution in [2.75, 3.05) is 7.11 Å². The molecule has 1 aromatic carbocycles. The van der Waals surface area contributed by atoms with Gasteiger partial charge in [0.2, 0.25) is 5.91 Å². The minimum Gasteiger partial charge on any atom is -0.496 e. The summed E-state index contributed by atoms with van der Waals surface area (Å²) < 4.78 is 7.48. The maximum atomic E-state index is 12.1. The molecular weight excluding hydrogens is 314 g/mol. The van der Waals surface area contributed by atoms with Gasteiger partial charge in [-0.2, -0.15) is 0 Å². The van der Waals surface area contributed by atoms with Gasteiger partial charge in [-0.3, -0.25) is 4.79 Å². The van der Waals surface area contributed by atoms with Gasteiger partial charge < -0.3 is 14.5 Å². The standard InChI is InChI=1S/C20H19N3O2/c1-25-17-7-3-2-6-14(17)9-10-15-12-19(24)21-13-16-20(15)23-11-5-4-8-18(23)22-16/h2-11,15H,12-13H2,1H3,(H,21,24)/b10-9+/t15-/m1/s1. The van der Waals surface area contributed by atoms with Crippen LogP contribution in [0.3, 0.4) is 0 Å². The fourth-order valence-electron chi connectivity index (χ4n) is 3.32. The molecule has 5 nitrogen and oxygen atoms in total. The number of imidazole rings is 1. The quantitative estimate of drug-likeness (QED) is 0.801. The lowest BCUT2D eigenvalue weighted by atomic mass is 9.98. The van der Waals surface area contributed by atoms with Crippen LogP contribution in [-0.2, 0) is 11.3 Å². The normalized spacial score (nSPS) is 17.3. The lowest BCUT2D eigenvalue weighted by Crippen LogP contribution is -2.21. The van der Waals surface area contributed by atoms with E-state index in [0.29, 0.717) is 13.0 Å². The number of allylic oxidation sites excluding steroid dienone is 1. The number of rotatable bonds is 3. The number of nitrogens with zero attached hydrogens (tertiary/aromatic N) is 2. The number of benzene rings is 1. The molecule has 0 saturated heterocycles. The first-order valence-electron chi connectivity index (χ1n) is 8.30. The van der Waals surface area contributed by atoms with E-state index in [1.165, 1.54) is 0 Å². The van der Waals surface area contributed by atoms with E-state index >= 15 is 0 Å². The molecule has 1 atom stereocenters. The third kappa shape index (κ3) is 2.89. The molecule has 3 heterocycles. The Kier molecular flexibility index (Phi) is 3.98. The fraction of sp³-hybridized carbons (Fsp3) is 0.200. The molecule has 1 N–H and O–H groups in total. The number of methoxy groups -OCH3 is 1. The van der Waals surface area contributed by atoms with Crippen molar-refractivity contribution in [2.24, 2.45) is 0 Å². The number of nitrogens with one attached hydrogen (secondary N) is 1. The Morgan fingerprint density at radius 1 is 1.24 bits per heavy atom. The summed E-state index contributed by atoms with van der Waals surface area (Å²) in [6, 6.07) is 13.8. The Bertz CT molecular complexity index is 958. The minimum absolute atomic E-state index is 0.0392. The summed E-state index contributed by atoms with van der Waals surface area (Å²) in [5.74, 6) is 0.812. The summed E-state index contributed by atoms with van der Waals surface area (Å²) in [5, 5.41) is 2.94. The molecule has 0 radical (unpaired) electrons. The lowest BCUT2D eigenvalue weighted by Gasteiger charge is -2.11. The number of carbonyl (C=O) groups excluding carboxylic acids is 1. The number of amides is 1. The van der Waals surface area contributed by atoms with Crippen LogP contribution < -0.4 is 10.1 Å². The molecule has 0 spiro atoms. The summed E-state index contributed by atoms with van der Waals surface area (Å²) in [6.07, 6.45) is 6.50. The topological polar surface area (TPSA) is 55.6 Å². The maximum absolute atomic E-state index is 12.1. The average Bonchev–Trinajstić information content (AvgIpc) is 2.94. The van der Waals surface area contributed by atoms with Crippen LogP contribution in [0.1, 0.15) is 29.3 Å². The van der Waals surface area contributed by atoms with Gasteiger partial charge in [0.25, 0.3) is 0 Å². The average molecular weight is 333 g/mol. The van der Waals surface area contributed by atoms with Crippen molar-refractivity contribution in [3.8, 4) is 5.75 Å². The summed E-state index contributed by atoms with van der Waals surface area (Å²) in [4.78, 5) is 16.8. The molecule has 0 aliphatic carbocycles. The molecular formula is C20H19N3O2. The molecule has 3 aromatic rings. The highest BCUT2D eigenvalue weighted by Crippen LogP contribution is 2.30. The van der Waals surface area contributed by atoms with E-state index in [1.807, 2.05) is 54.7 Å². The van der Waals surface area contributed by atoms with Crippen molar-refractivity contribution in [1.82, 2.24) is 14.7 Å². The Balaban J connectivity index is 1.78. The van der Waals surface area contributed by atoms with E-state index in [4.69, 9.17) is 4.74 Å². The lowest BCUT2D eigenvalue weighted by molar-refractivity contribution is -0.121. The zero-order chi connectivity index (χ0) is 17.2. The summed E-state index contributed by atoms with van der Waals surface area (Å²) in [5.41, 5.74) is 3.89. The molecule has 1 amide bonds. The summed E-state index contributed by atoms with van der Waals surface area (Å²) in [6.45, 7) is 0.467. The molecule has 4 rings (SSSR count). The number of fused-ring (bicyclic) bond motifs is 3. The van der Waals surface area contributed by atoms with E-state index in [2.05, 4.69) is 20.8 Å². The SMILES string of the molecule is COc1ccccc1/C=C/[C@@H]1CC(=O)NCc2nc3ccccn3c21. The highest BCUT2D eigenvalue weighted by Gasteiger charge is 2.25. The Morgan fingerprint density at radius 3 is 2.96 bits per heavy atom. The molecule has 1 aliphatic heterocycles. The minimum atomic E-state index is -0.0418. The van der Waals surface area contributed by atoms with Crippen LogP contribution in [0.5, 0.6) is 5.75 Å². The Hall–Kier alpha value is -3.08. The first-order valence-corrected chi connectivity index (χ1v) is 8.30. The largest absolute Gasteiger partial charge is 0.496 e.